The van der Waals surface area contributed by atoms with Gasteiger partial charge in [0.1, 0.15) is 24.4 Å². The number of hydrogen-bond acceptors (Lipinski definition) is 8. The molecule has 0 saturated carbocycles. The van der Waals surface area contributed by atoms with E-state index in [1.54, 1.807) is 18.2 Å². The Balaban J connectivity index is 1.58. The SMILES string of the molecule is COc1ccc(OC)c(C(=O)CN2CC(COC(=O)c3ccoc3)OC2=O)c1. The number of carbonyl (C=O) groups excluding carboxylic acids is 3. The molecule has 9 heteroatoms. The molecule has 9 nitrogen and oxygen atoms in total. The second kappa shape index (κ2) is 8.47. The van der Waals surface area contributed by atoms with Crippen molar-refractivity contribution in [2.45, 2.75) is 6.10 Å². The number of nitrogens with zero attached hydrogens (tertiary/aromatic N) is 1. The molecule has 148 valence electrons. The highest BCUT2D eigenvalue weighted by Crippen LogP contribution is 2.25. The molecule has 1 atom stereocenters. The van der Waals surface area contributed by atoms with E-state index in [1.807, 2.05) is 0 Å². The third-order valence-corrected chi connectivity index (χ3v) is 4.15. The summed E-state index contributed by atoms with van der Waals surface area (Å²) < 4.78 is 25.4. The molecule has 1 unspecified atom stereocenters. The van der Waals surface area contributed by atoms with Gasteiger partial charge in [-0.2, -0.15) is 0 Å². The van der Waals surface area contributed by atoms with Crippen molar-refractivity contribution in [2.75, 3.05) is 33.9 Å². The fourth-order valence-electron chi connectivity index (χ4n) is 2.71. The van der Waals surface area contributed by atoms with Gasteiger partial charge in [0.2, 0.25) is 0 Å². The maximum Gasteiger partial charge on any atom is 0.410 e. The molecule has 2 aromatic rings. The van der Waals surface area contributed by atoms with Crippen LogP contribution in [0.1, 0.15) is 20.7 Å². The van der Waals surface area contributed by atoms with Crippen LogP contribution in [0.25, 0.3) is 0 Å². The Kier molecular flexibility index (Phi) is 5.83. The molecular formula is C19H19NO8. The summed E-state index contributed by atoms with van der Waals surface area (Å²) in [5, 5.41) is 0. The Morgan fingerprint density at radius 2 is 2.04 bits per heavy atom. The molecule has 0 aliphatic carbocycles. The van der Waals surface area contributed by atoms with Crippen molar-refractivity contribution in [3.05, 3.63) is 47.9 Å². The maximum atomic E-state index is 12.6. The Morgan fingerprint density at radius 3 is 2.71 bits per heavy atom. The first kappa shape index (κ1) is 19.3. The van der Waals surface area contributed by atoms with Crippen LogP contribution in [-0.2, 0) is 9.47 Å². The first-order valence-electron chi connectivity index (χ1n) is 8.42. The van der Waals surface area contributed by atoms with Gasteiger partial charge in [0.25, 0.3) is 0 Å². The maximum absolute atomic E-state index is 12.6. The molecule has 3 rings (SSSR count). The summed E-state index contributed by atoms with van der Waals surface area (Å²) >= 11 is 0. The molecule has 1 saturated heterocycles. The first-order valence-corrected chi connectivity index (χ1v) is 8.42. The van der Waals surface area contributed by atoms with E-state index in [1.165, 1.54) is 37.7 Å². The van der Waals surface area contributed by atoms with Crippen molar-refractivity contribution in [3.63, 3.8) is 0 Å². The predicted molar refractivity (Wildman–Crippen MR) is 94.7 cm³/mol. The Hall–Kier alpha value is -3.49. The second-order valence-electron chi connectivity index (χ2n) is 5.99. The molecule has 1 aliphatic rings. The van der Waals surface area contributed by atoms with Crippen LogP contribution in [0.2, 0.25) is 0 Å². The zero-order chi connectivity index (χ0) is 20.1. The molecule has 0 bridgehead atoms. The second-order valence-corrected chi connectivity index (χ2v) is 5.99. The van der Waals surface area contributed by atoms with Gasteiger partial charge in [-0.25, -0.2) is 9.59 Å². The highest BCUT2D eigenvalue weighted by atomic mass is 16.6. The van der Waals surface area contributed by atoms with Crippen molar-refractivity contribution in [2.24, 2.45) is 0 Å². The first-order chi connectivity index (χ1) is 13.5. The van der Waals surface area contributed by atoms with Crippen LogP contribution < -0.4 is 9.47 Å². The number of methoxy groups -OCH3 is 2. The van der Waals surface area contributed by atoms with Crippen LogP contribution in [0.15, 0.2) is 41.2 Å². The van der Waals surface area contributed by atoms with E-state index in [0.29, 0.717) is 17.1 Å². The molecule has 0 N–H and O–H groups in total. The number of benzene rings is 1. The van der Waals surface area contributed by atoms with Crippen LogP contribution in [0.5, 0.6) is 11.5 Å². The smallest absolute Gasteiger partial charge is 0.410 e. The Labute approximate surface area is 160 Å². The zero-order valence-corrected chi connectivity index (χ0v) is 15.4. The minimum absolute atomic E-state index is 0.121. The summed E-state index contributed by atoms with van der Waals surface area (Å²) in [6.45, 7) is -0.201. The molecular weight excluding hydrogens is 370 g/mol. The van der Waals surface area contributed by atoms with E-state index in [4.69, 9.17) is 23.4 Å². The fourth-order valence-corrected chi connectivity index (χ4v) is 2.71. The highest BCUT2D eigenvalue weighted by Gasteiger charge is 2.34. The summed E-state index contributed by atoms with van der Waals surface area (Å²) in [4.78, 5) is 37.7. The number of hydrogen-bond donors (Lipinski definition) is 0. The van der Waals surface area contributed by atoms with Gasteiger partial charge in [0.05, 0.1) is 44.7 Å². The van der Waals surface area contributed by atoms with Crippen molar-refractivity contribution < 1.29 is 37.7 Å². The zero-order valence-electron chi connectivity index (χ0n) is 15.4. The lowest BCUT2D eigenvalue weighted by atomic mass is 10.1. The molecule has 28 heavy (non-hydrogen) atoms. The lowest BCUT2D eigenvalue weighted by Gasteiger charge is -2.14. The average molecular weight is 389 g/mol. The Bertz CT molecular complexity index is 861. The fraction of sp³-hybridized carbons (Fsp3) is 0.316. The minimum atomic E-state index is -0.664. The number of amides is 1. The molecule has 2 heterocycles. The number of furan rings is 1. The van der Waals surface area contributed by atoms with Crippen LogP contribution in [0.4, 0.5) is 4.79 Å². The summed E-state index contributed by atoms with van der Waals surface area (Å²) in [5.74, 6) is -0.0367. The quantitative estimate of drug-likeness (QED) is 0.500. The number of cyclic esters (lactones) is 1. The van der Waals surface area contributed by atoms with Gasteiger partial charge in [-0.05, 0) is 24.3 Å². The molecule has 1 aromatic heterocycles. The van der Waals surface area contributed by atoms with Gasteiger partial charge < -0.3 is 23.4 Å². The van der Waals surface area contributed by atoms with E-state index >= 15 is 0 Å². The van der Waals surface area contributed by atoms with Crippen LogP contribution in [-0.4, -0.2) is 62.8 Å². The van der Waals surface area contributed by atoms with E-state index in [9.17, 15) is 14.4 Å². The van der Waals surface area contributed by atoms with Gasteiger partial charge in [0, 0.05) is 0 Å². The van der Waals surface area contributed by atoms with E-state index < -0.39 is 18.2 Å². The normalized spacial score (nSPS) is 15.9. The van der Waals surface area contributed by atoms with E-state index in [0.717, 1.165) is 0 Å². The van der Waals surface area contributed by atoms with E-state index in [2.05, 4.69) is 0 Å². The largest absolute Gasteiger partial charge is 0.497 e. The van der Waals surface area contributed by atoms with Gasteiger partial charge in [0.15, 0.2) is 11.9 Å². The predicted octanol–water partition coefficient (Wildman–Crippen LogP) is 2.16. The topological polar surface area (TPSA) is 105 Å². The number of rotatable bonds is 8. The molecule has 1 aromatic carbocycles. The number of ether oxygens (including phenoxy) is 4. The van der Waals surface area contributed by atoms with Crippen molar-refractivity contribution in [3.8, 4) is 11.5 Å². The van der Waals surface area contributed by atoms with Crippen LogP contribution in [0, 0.1) is 0 Å². The Morgan fingerprint density at radius 1 is 1.21 bits per heavy atom. The number of esters is 1. The van der Waals surface area contributed by atoms with Crippen molar-refractivity contribution in [1.29, 1.82) is 0 Å². The standard InChI is InChI=1S/C19H19NO8/c1-24-13-3-4-17(25-2)15(7-13)16(21)9-20-8-14(28-19(20)23)11-27-18(22)12-5-6-26-10-12/h3-7,10,14H,8-9,11H2,1-2H3. The number of Topliss-reactive ketones (excluding diaryl/α,β-unsaturated/α-hetero) is 1. The van der Waals surface area contributed by atoms with Crippen molar-refractivity contribution >= 4 is 17.8 Å². The summed E-state index contributed by atoms with van der Waals surface area (Å²) in [5.41, 5.74) is 0.561. The minimum Gasteiger partial charge on any atom is -0.497 e. The van der Waals surface area contributed by atoms with Gasteiger partial charge >= 0.3 is 12.1 Å². The third-order valence-electron chi connectivity index (χ3n) is 4.15. The monoisotopic (exact) mass is 389 g/mol. The molecule has 0 spiro atoms. The molecule has 0 radical (unpaired) electrons. The molecule has 1 amide bonds. The van der Waals surface area contributed by atoms with Crippen LogP contribution in [0.3, 0.4) is 0 Å². The molecule has 1 aliphatic heterocycles. The van der Waals surface area contributed by atoms with Gasteiger partial charge in [-0.3, -0.25) is 9.69 Å². The van der Waals surface area contributed by atoms with Gasteiger partial charge in [-0.15, -0.1) is 0 Å². The number of carbonyl (C=O) groups is 3. The summed E-state index contributed by atoms with van der Waals surface area (Å²) in [6.07, 6.45) is 1.30. The average Bonchev–Trinajstić information content (AvgIpc) is 3.36. The van der Waals surface area contributed by atoms with E-state index in [-0.39, 0.29) is 31.0 Å². The van der Waals surface area contributed by atoms with Crippen molar-refractivity contribution in [1.82, 2.24) is 4.90 Å². The molecule has 1 fully saturated rings. The highest BCUT2D eigenvalue weighted by molar-refractivity contribution is 6.01. The summed E-state index contributed by atoms with van der Waals surface area (Å²) in [7, 11) is 2.94. The summed E-state index contributed by atoms with van der Waals surface area (Å²) in [6, 6.07) is 6.30. The number of ketones is 1. The van der Waals surface area contributed by atoms with Crippen LogP contribution >= 0.6 is 0 Å². The third kappa shape index (κ3) is 4.25. The lowest BCUT2D eigenvalue weighted by molar-refractivity contribution is 0.0299. The van der Waals surface area contributed by atoms with Gasteiger partial charge in [-0.1, -0.05) is 0 Å². The lowest BCUT2D eigenvalue weighted by Crippen LogP contribution is -2.32.